The maximum absolute atomic E-state index is 10.9. The van der Waals surface area contributed by atoms with E-state index in [4.69, 9.17) is 0 Å². The molecule has 0 bridgehead atoms. The molecular formula is C5H7N3O2S. The number of carbonyl (C=O) groups excluding carboxylic acids is 1. The molecule has 0 radical (unpaired) electrons. The lowest BCUT2D eigenvalue weighted by Gasteiger charge is -1.93. The first-order valence-electron chi connectivity index (χ1n) is 3.02. The molecule has 0 saturated carbocycles. The van der Waals surface area contributed by atoms with Crippen molar-refractivity contribution < 1.29 is 9.53 Å². The minimum atomic E-state index is -0.538. The molecular weight excluding hydrogens is 166 g/mol. The van der Waals surface area contributed by atoms with E-state index in [9.17, 15) is 4.79 Å². The van der Waals surface area contributed by atoms with Crippen molar-refractivity contribution in [2.24, 2.45) is 0 Å². The summed E-state index contributed by atoms with van der Waals surface area (Å²) in [4.78, 5) is 14.5. The van der Waals surface area contributed by atoms with Gasteiger partial charge >= 0.3 is 5.97 Å². The van der Waals surface area contributed by atoms with Gasteiger partial charge in [-0.05, 0) is 6.92 Å². The van der Waals surface area contributed by atoms with Crippen LogP contribution in [-0.2, 0) is 4.74 Å². The fourth-order valence-electron chi connectivity index (χ4n) is 0.540. The van der Waals surface area contributed by atoms with Gasteiger partial charge in [0, 0.05) is 0 Å². The highest BCUT2D eigenvalue weighted by Crippen LogP contribution is 1.97. The van der Waals surface area contributed by atoms with Crippen LogP contribution in [0, 0.1) is 0 Å². The Morgan fingerprint density at radius 1 is 1.82 bits per heavy atom. The van der Waals surface area contributed by atoms with Gasteiger partial charge in [0.1, 0.15) is 0 Å². The second kappa shape index (κ2) is 3.38. The molecule has 0 atom stereocenters. The van der Waals surface area contributed by atoms with E-state index in [1.807, 2.05) is 0 Å². The Morgan fingerprint density at radius 3 is 3.00 bits per heavy atom. The van der Waals surface area contributed by atoms with E-state index in [-0.39, 0.29) is 5.82 Å². The molecule has 0 spiro atoms. The van der Waals surface area contributed by atoms with Gasteiger partial charge in [0.15, 0.2) is 5.16 Å². The molecule has 1 N–H and O–H groups in total. The van der Waals surface area contributed by atoms with Crippen molar-refractivity contribution in [3.05, 3.63) is 5.82 Å². The minimum absolute atomic E-state index is 0.0110. The highest BCUT2D eigenvalue weighted by atomic mass is 32.1. The molecule has 0 aromatic carbocycles. The van der Waals surface area contributed by atoms with Crippen LogP contribution in [0.4, 0.5) is 0 Å². The van der Waals surface area contributed by atoms with Crippen molar-refractivity contribution in [1.82, 2.24) is 15.2 Å². The van der Waals surface area contributed by atoms with Crippen LogP contribution in [0.15, 0.2) is 5.16 Å². The van der Waals surface area contributed by atoms with Gasteiger partial charge < -0.3 is 4.74 Å². The van der Waals surface area contributed by atoms with E-state index in [1.54, 1.807) is 6.92 Å². The van der Waals surface area contributed by atoms with E-state index in [0.717, 1.165) is 0 Å². The molecule has 1 aromatic rings. The monoisotopic (exact) mass is 173 g/mol. The third kappa shape index (κ3) is 1.94. The lowest BCUT2D eigenvalue weighted by atomic mass is 10.6. The highest BCUT2D eigenvalue weighted by molar-refractivity contribution is 7.80. The minimum Gasteiger partial charge on any atom is -0.460 e. The van der Waals surface area contributed by atoms with E-state index < -0.39 is 5.97 Å². The predicted octanol–water partition coefficient (Wildman–Crippen LogP) is 0.270. The Labute approximate surface area is 68.6 Å². The Morgan fingerprint density at radius 2 is 2.55 bits per heavy atom. The average Bonchev–Trinajstić information content (AvgIpc) is 2.36. The van der Waals surface area contributed by atoms with Gasteiger partial charge in [-0.25, -0.2) is 4.79 Å². The molecule has 5 nitrogen and oxygen atoms in total. The summed E-state index contributed by atoms with van der Waals surface area (Å²) in [7, 11) is 0. The fraction of sp³-hybridized carbons (Fsp3) is 0.400. The van der Waals surface area contributed by atoms with E-state index >= 15 is 0 Å². The molecule has 0 saturated heterocycles. The number of hydrogen-bond acceptors (Lipinski definition) is 5. The summed E-state index contributed by atoms with van der Waals surface area (Å²) >= 11 is 3.83. The predicted molar refractivity (Wildman–Crippen MR) is 39.6 cm³/mol. The zero-order valence-corrected chi connectivity index (χ0v) is 6.76. The first-order chi connectivity index (χ1) is 5.24. The molecule has 1 rings (SSSR count). The van der Waals surface area contributed by atoms with Crippen LogP contribution in [-0.4, -0.2) is 27.8 Å². The molecule has 6 heteroatoms. The van der Waals surface area contributed by atoms with Gasteiger partial charge in [0.05, 0.1) is 6.61 Å². The number of nitrogens with zero attached hydrogens (tertiary/aromatic N) is 2. The van der Waals surface area contributed by atoms with Crippen molar-refractivity contribution >= 4 is 18.6 Å². The molecule has 0 unspecified atom stereocenters. The number of rotatable bonds is 2. The van der Waals surface area contributed by atoms with Crippen LogP contribution in [0.3, 0.4) is 0 Å². The molecule has 0 aliphatic heterocycles. The standard InChI is InChI=1S/C5H7N3O2S/c1-2-10-4(9)3-6-5(11)8-7-3/h2H2,1H3,(H2,6,7,8,11). The summed E-state index contributed by atoms with van der Waals surface area (Å²) in [6.07, 6.45) is 0. The largest absolute Gasteiger partial charge is 0.460 e. The van der Waals surface area contributed by atoms with Gasteiger partial charge in [-0.1, -0.05) is 0 Å². The Balaban J connectivity index is 2.69. The van der Waals surface area contributed by atoms with Crippen molar-refractivity contribution in [2.45, 2.75) is 12.1 Å². The summed E-state index contributed by atoms with van der Waals surface area (Å²) in [5, 5.41) is 6.26. The number of ether oxygens (including phenoxy) is 1. The smallest absolute Gasteiger partial charge is 0.378 e. The number of aromatic nitrogens is 3. The molecule has 1 aromatic heterocycles. The zero-order chi connectivity index (χ0) is 8.27. The average molecular weight is 173 g/mol. The normalized spacial score (nSPS) is 9.64. The Kier molecular flexibility index (Phi) is 2.48. The van der Waals surface area contributed by atoms with Crippen molar-refractivity contribution in [1.29, 1.82) is 0 Å². The van der Waals surface area contributed by atoms with E-state index in [0.29, 0.717) is 11.8 Å². The third-order valence-corrected chi connectivity index (χ3v) is 1.13. The maximum Gasteiger partial charge on any atom is 0.378 e. The Bertz CT molecular complexity index is 260. The van der Waals surface area contributed by atoms with Crippen LogP contribution in [0.2, 0.25) is 0 Å². The lowest BCUT2D eigenvalue weighted by Crippen LogP contribution is -2.06. The molecule has 1 heterocycles. The first kappa shape index (κ1) is 8.06. The molecule has 0 aliphatic carbocycles. The number of carbonyl (C=O) groups is 1. The number of thiol groups is 1. The quantitative estimate of drug-likeness (QED) is 0.497. The van der Waals surface area contributed by atoms with Crippen LogP contribution in [0.1, 0.15) is 17.5 Å². The number of aromatic amines is 1. The topological polar surface area (TPSA) is 67.9 Å². The highest BCUT2D eigenvalue weighted by Gasteiger charge is 2.11. The lowest BCUT2D eigenvalue weighted by molar-refractivity contribution is 0.0512. The summed E-state index contributed by atoms with van der Waals surface area (Å²) in [5.41, 5.74) is 0. The van der Waals surface area contributed by atoms with Crippen molar-refractivity contribution in [2.75, 3.05) is 6.61 Å². The molecule has 0 fully saturated rings. The van der Waals surface area contributed by atoms with Gasteiger partial charge in [0.25, 0.3) is 5.82 Å². The van der Waals surface area contributed by atoms with E-state index in [2.05, 4.69) is 32.5 Å². The fourth-order valence-corrected chi connectivity index (χ4v) is 0.685. The van der Waals surface area contributed by atoms with Crippen LogP contribution < -0.4 is 0 Å². The Hall–Kier alpha value is -1.04. The van der Waals surface area contributed by atoms with Gasteiger partial charge in [-0.2, -0.15) is 4.98 Å². The summed E-state index contributed by atoms with van der Waals surface area (Å²) < 4.78 is 4.62. The van der Waals surface area contributed by atoms with Crippen LogP contribution >= 0.6 is 12.6 Å². The summed E-state index contributed by atoms with van der Waals surface area (Å²) in [6, 6.07) is 0. The molecule has 60 valence electrons. The van der Waals surface area contributed by atoms with Gasteiger partial charge in [-0.3, -0.25) is 5.10 Å². The van der Waals surface area contributed by atoms with Crippen LogP contribution in [0.5, 0.6) is 0 Å². The molecule has 11 heavy (non-hydrogen) atoms. The second-order valence-electron chi connectivity index (χ2n) is 1.70. The zero-order valence-electron chi connectivity index (χ0n) is 5.87. The second-order valence-corrected chi connectivity index (χ2v) is 2.13. The van der Waals surface area contributed by atoms with Gasteiger partial charge in [-0.15, -0.1) is 17.7 Å². The number of hydrogen-bond donors (Lipinski definition) is 2. The molecule has 0 aliphatic rings. The SMILES string of the molecule is CCOC(=O)c1n[nH]c(S)n1. The number of nitrogens with one attached hydrogen (secondary N) is 1. The molecule has 0 amide bonds. The van der Waals surface area contributed by atoms with Crippen LogP contribution in [0.25, 0.3) is 0 Å². The van der Waals surface area contributed by atoms with Gasteiger partial charge in [0.2, 0.25) is 0 Å². The summed E-state index contributed by atoms with van der Waals surface area (Å²) in [6.45, 7) is 2.03. The number of H-pyrrole nitrogens is 1. The first-order valence-corrected chi connectivity index (χ1v) is 3.47. The third-order valence-electron chi connectivity index (χ3n) is 0.932. The van der Waals surface area contributed by atoms with Crippen molar-refractivity contribution in [3.63, 3.8) is 0 Å². The van der Waals surface area contributed by atoms with E-state index in [1.165, 1.54) is 0 Å². The van der Waals surface area contributed by atoms with Crippen molar-refractivity contribution in [3.8, 4) is 0 Å². The number of esters is 1. The summed E-state index contributed by atoms with van der Waals surface area (Å²) in [5.74, 6) is -0.527. The maximum atomic E-state index is 10.9.